The lowest BCUT2D eigenvalue weighted by Crippen LogP contribution is -2.41. The number of carbonyl (C=O) groups is 1. The molecule has 0 saturated carbocycles. The van der Waals surface area contributed by atoms with Crippen LogP contribution in [-0.2, 0) is 12.8 Å². The van der Waals surface area contributed by atoms with Crippen molar-refractivity contribution < 1.29 is 19.4 Å². The monoisotopic (exact) mass is 340 g/mol. The van der Waals surface area contributed by atoms with Crippen LogP contribution in [0.2, 0.25) is 0 Å². The summed E-state index contributed by atoms with van der Waals surface area (Å²) < 4.78 is 10.6. The maximum atomic E-state index is 12.2. The van der Waals surface area contributed by atoms with Gasteiger partial charge in [0, 0.05) is 13.0 Å². The van der Waals surface area contributed by atoms with E-state index in [1.165, 1.54) is 0 Å². The van der Waals surface area contributed by atoms with Gasteiger partial charge in [0.1, 0.15) is 0 Å². The number of hydrogen-bond acceptors (Lipinski definition) is 4. The summed E-state index contributed by atoms with van der Waals surface area (Å²) in [6.45, 7) is 0.751. The Hall–Kier alpha value is -2.73. The van der Waals surface area contributed by atoms with Gasteiger partial charge in [-0.3, -0.25) is 0 Å². The molecule has 0 bridgehead atoms. The second-order valence-corrected chi connectivity index (χ2v) is 6.29. The van der Waals surface area contributed by atoms with E-state index in [9.17, 15) is 9.90 Å². The third-order valence-electron chi connectivity index (χ3n) is 4.63. The first-order valence-corrected chi connectivity index (χ1v) is 8.39. The fraction of sp³-hybridized carbons (Fsp3) is 0.316. The van der Waals surface area contributed by atoms with Crippen LogP contribution in [0.25, 0.3) is 0 Å². The Labute approximate surface area is 145 Å². The molecule has 0 spiro atoms. The molecule has 2 atom stereocenters. The number of aliphatic hydroxyl groups excluding tert-OH is 1. The number of amides is 2. The molecule has 2 aromatic carbocycles. The Morgan fingerprint density at radius 1 is 1.16 bits per heavy atom. The second-order valence-electron chi connectivity index (χ2n) is 6.29. The smallest absolute Gasteiger partial charge is 0.315 e. The summed E-state index contributed by atoms with van der Waals surface area (Å²) in [7, 11) is 0. The van der Waals surface area contributed by atoms with Gasteiger partial charge in [-0.2, -0.15) is 0 Å². The number of ether oxygens (including phenoxy) is 2. The van der Waals surface area contributed by atoms with Gasteiger partial charge in [0.25, 0.3) is 0 Å². The van der Waals surface area contributed by atoms with Crippen LogP contribution in [0.3, 0.4) is 0 Å². The second kappa shape index (κ2) is 6.64. The highest BCUT2D eigenvalue weighted by atomic mass is 16.7. The molecule has 2 amide bonds. The Kier molecular flexibility index (Phi) is 4.19. The third-order valence-corrected chi connectivity index (χ3v) is 4.63. The molecule has 1 aliphatic heterocycles. The maximum Gasteiger partial charge on any atom is 0.315 e. The molecule has 6 nitrogen and oxygen atoms in total. The summed E-state index contributed by atoms with van der Waals surface area (Å²) in [6.07, 6.45) is 0.670. The number of benzene rings is 2. The van der Waals surface area contributed by atoms with Crippen molar-refractivity contribution in [3.05, 3.63) is 59.2 Å². The number of urea groups is 1. The van der Waals surface area contributed by atoms with Crippen LogP contribution in [0.5, 0.6) is 11.5 Å². The third kappa shape index (κ3) is 3.25. The summed E-state index contributed by atoms with van der Waals surface area (Å²) in [5.74, 6) is 1.50. The van der Waals surface area contributed by atoms with Gasteiger partial charge in [-0.1, -0.05) is 30.3 Å². The first-order chi connectivity index (χ1) is 12.2. The Balaban J connectivity index is 1.30. The van der Waals surface area contributed by atoms with Crippen molar-refractivity contribution in [3.8, 4) is 11.5 Å². The van der Waals surface area contributed by atoms with E-state index in [4.69, 9.17) is 9.47 Å². The quantitative estimate of drug-likeness (QED) is 0.794. The fourth-order valence-corrected chi connectivity index (χ4v) is 3.36. The number of hydrogen-bond donors (Lipinski definition) is 3. The molecule has 130 valence electrons. The minimum absolute atomic E-state index is 0.255. The zero-order valence-corrected chi connectivity index (χ0v) is 13.7. The van der Waals surface area contributed by atoms with Gasteiger partial charge in [0.15, 0.2) is 11.5 Å². The summed E-state index contributed by atoms with van der Waals surface area (Å²) in [5, 5.41) is 15.9. The molecule has 0 saturated heterocycles. The molecule has 2 aliphatic rings. The lowest BCUT2D eigenvalue weighted by molar-refractivity contribution is 0.142. The minimum Gasteiger partial charge on any atom is -0.454 e. The van der Waals surface area contributed by atoms with E-state index in [2.05, 4.69) is 10.6 Å². The van der Waals surface area contributed by atoms with E-state index in [1.54, 1.807) is 0 Å². The topological polar surface area (TPSA) is 79.8 Å². The standard InChI is InChI=1S/C19H20N2O4/c22-15-10-13-3-1-2-4-14(13)18(15)21-19(23)20-8-7-12-5-6-16-17(9-12)25-11-24-16/h1-6,9,15,18,22H,7-8,10-11H2,(H2,20,21,23)/t15-,18+/m1/s1. The van der Waals surface area contributed by atoms with E-state index >= 15 is 0 Å². The van der Waals surface area contributed by atoms with Crippen LogP contribution in [-0.4, -0.2) is 30.6 Å². The minimum atomic E-state index is -0.586. The molecule has 2 aromatic rings. The van der Waals surface area contributed by atoms with Crippen molar-refractivity contribution in [2.75, 3.05) is 13.3 Å². The summed E-state index contributed by atoms with van der Waals surface area (Å²) in [6, 6.07) is 12.9. The molecular weight excluding hydrogens is 320 g/mol. The molecule has 0 radical (unpaired) electrons. The largest absolute Gasteiger partial charge is 0.454 e. The molecule has 3 N–H and O–H groups in total. The fourth-order valence-electron chi connectivity index (χ4n) is 3.36. The van der Waals surface area contributed by atoms with Gasteiger partial charge in [0.05, 0.1) is 12.1 Å². The number of carbonyl (C=O) groups excluding carboxylic acids is 1. The van der Waals surface area contributed by atoms with Crippen LogP contribution in [0.4, 0.5) is 4.79 Å². The van der Waals surface area contributed by atoms with E-state index in [-0.39, 0.29) is 18.9 Å². The highest BCUT2D eigenvalue weighted by Crippen LogP contribution is 2.33. The lowest BCUT2D eigenvalue weighted by atomic mass is 10.1. The predicted octanol–water partition coefficient (Wildman–Crippen LogP) is 1.92. The Morgan fingerprint density at radius 2 is 2.00 bits per heavy atom. The van der Waals surface area contributed by atoms with Crippen LogP contribution in [0.1, 0.15) is 22.7 Å². The number of fused-ring (bicyclic) bond motifs is 2. The molecule has 0 aromatic heterocycles. The van der Waals surface area contributed by atoms with E-state index < -0.39 is 6.10 Å². The molecule has 4 rings (SSSR count). The molecule has 0 fully saturated rings. The van der Waals surface area contributed by atoms with Gasteiger partial charge in [-0.25, -0.2) is 4.79 Å². The van der Waals surface area contributed by atoms with Crippen molar-refractivity contribution in [2.24, 2.45) is 0 Å². The SMILES string of the molecule is O=C(NCCc1ccc2c(c1)OCO2)N[C@H]1c2ccccc2C[C@H]1O. The first kappa shape index (κ1) is 15.8. The number of nitrogens with one attached hydrogen (secondary N) is 2. The van der Waals surface area contributed by atoms with Crippen molar-refractivity contribution in [3.63, 3.8) is 0 Å². The van der Waals surface area contributed by atoms with Crippen molar-refractivity contribution in [1.29, 1.82) is 0 Å². The predicted molar refractivity (Wildman–Crippen MR) is 91.7 cm³/mol. The van der Waals surface area contributed by atoms with Crippen molar-refractivity contribution >= 4 is 6.03 Å². The summed E-state index contributed by atoms with van der Waals surface area (Å²) in [5.41, 5.74) is 3.14. The van der Waals surface area contributed by atoms with Crippen molar-refractivity contribution in [2.45, 2.75) is 25.0 Å². The Bertz CT molecular complexity index is 793. The van der Waals surface area contributed by atoms with Gasteiger partial charge < -0.3 is 25.2 Å². The lowest BCUT2D eigenvalue weighted by Gasteiger charge is -2.18. The molecule has 0 unspecified atom stereocenters. The zero-order chi connectivity index (χ0) is 17.2. The summed E-state index contributed by atoms with van der Waals surface area (Å²) in [4.78, 5) is 12.2. The van der Waals surface area contributed by atoms with Crippen molar-refractivity contribution in [1.82, 2.24) is 10.6 Å². The van der Waals surface area contributed by atoms with E-state index in [0.29, 0.717) is 19.4 Å². The van der Waals surface area contributed by atoms with Crippen LogP contribution >= 0.6 is 0 Å². The number of aliphatic hydroxyl groups is 1. The van der Waals surface area contributed by atoms with Gasteiger partial charge in [0.2, 0.25) is 6.79 Å². The average molecular weight is 340 g/mol. The number of rotatable bonds is 4. The highest BCUT2D eigenvalue weighted by molar-refractivity contribution is 5.74. The van der Waals surface area contributed by atoms with Gasteiger partial charge in [-0.05, 0) is 35.2 Å². The zero-order valence-electron chi connectivity index (χ0n) is 13.7. The Morgan fingerprint density at radius 3 is 2.92 bits per heavy atom. The normalized spacial score (nSPS) is 20.2. The highest BCUT2D eigenvalue weighted by Gasteiger charge is 2.31. The van der Waals surface area contributed by atoms with Crippen LogP contribution < -0.4 is 20.1 Å². The maximum absolute atomic E-state index is 12.2. The van der Waals surface area contributed by atoms with E-state index in [0.717, 1.165) is 28.2 Å². The molecule has 25 heavy (non-hydrogen) atoms. The first-order valence-electron chi connectivity index (χ1n) is 8.39. The van der Waals surface area contributed by atoms with Crippen LogP contribution in [0.15, 0.2) is 42.5 Å². The van der Waals surface area contributed by atoms with Gasteiger partial charge >= 0.3 is 6.03 Å². The summed E-state index contributed by atoms with van der Waals surface area (Å²) >= 11 is 0. The molecule has 1 aliphatic carbocycles. The van der Waals surface area contributed by atoms with E-state index in [1.807, 2.05) is 42.5 Å². The average Bonchev–Trinajstić information content (AvgIpc) is 3.19. The molecule has 6 heteroatoms. The molecular formula is C19H20N2O4. The van der Waals surface area contributed by atoms with Crippen LogP contribution in [0, 0.1) is 0 Å². The van der Waals surface area contributed by atoms with Gasteiger partial charge in [-0.15, -0.1) is 0 Å². The molecule has 1 heterocycles.